The van der Waals surface area contributed by atoms with Gasteiger partial charge in [-0.25, -0.2) is 0 Å². The Kier molecular flexibility index (Phi) is 8.81. The third-order valence-electron chi connectivity index (χ3n) is 15.9. The van der Waals surface area contributed by atoms with Crippen LogP contribution >= 0.6 is 0 Å². The number of hydrogen-bond donors (Lipinski definition) is 0. The first-order valence-electron chi connectivity index (χ1n) is 23.6. The third-order valence-corrected chi connectivity index (χ3v) is 20.8. The Morgan fingerprint density at radius 3 is 1.45 bits per heavy atom. The maximum Gasteiger partial charge on any atom is 0.183 e. The van der Waals surface area contributed by atoms with Crippen LogP contribution < -0.4 is 25.6 Å². The van der Waals surface area contributed by atoms with Crippen LogP contribution in [-0.2, 0) is 5.41 Å². The van der Waals surface area contributed by atoms with E-state index in [-0.39, 0.29) is 0 Å². The van der Waals surface area contributed by atoms with Gasteiger partial charge in [-0.05, 0) is 162 Å². The summed E-state index contributed by atoms with van der Waals surface area (Å²) >= 11 is 0. The molecular formula is C62H51NSi. The van der Waals surface area contributed by atoms with Gasteiger partial charge in [0.15, 0.2) is 8.07 Å². The molecule has 4 saturated carbocycles. The van der Waals surface area contributed by atoms with Gasteiger partial charge in [0.25, 0.3) is 0 Å². The van der Waals surface area contributed by atoms with Gasteiger partial charge in [-0.1, -0.05) is 188 Å². The summed E-state index contributed by atoms with van der Waals surface area (Å²) in [5.41, 5.74) is 13.2. The number of anilines is 3. The normalized spacial score (nSPS) is 21.1. The van der Waals surface area contributed by atoms with E-state index in [1.807, 2.05) is 0 Å². The van der Waals surface area contributed by atoms with Crippen molar-refractivity contribution >= 4 is 56.7 Å². The summed E-state index contributed by atoms with van der Waals surface area (Å²) in [6.07, 6.45) is 8.50. The first-order valence-corrected chi connectivity index (χ1v) is 25.6. The summed E-state index contributed by atoms with van der Waals surface area (Å²) in [4.78, 5) is 2.60. The SMILES string of the molecule is c1ccc(-c2cccc3cccc(-c4ccc(N(c5ccc(C67CC8CC(CC(C8)C6)C7)cc5)c5cccc6c5[Si](c5ccccc5)(c5ccccc5)c5ccccc5-6)cc4)c23)cc1. The fraction of sp³-hybridized carbons (Fsp3) is 0.161. The largest absolute Gasteiger partial charge is 0.311 e. The lowest BCUT2D eigenvalue weighted by molar-refractivity contribution is -0.00518. The van der Waals surface area contributed by atoms with E-state index in [1.165, 1.54) is 120 Å². The second-order valence-corrected chi connectivity index (χ2v) is 23.1. The van der Waals surface area contributed by atoms with E-state index in [4.69, 9.17) is 0 Å². The highest BCUT2D eigenvalue weighted by molar-refractivity contribution is 7.22. The molecule has 0 aromatic heterocycles. The van der Waals surface area contributed by atoms with Gasteiger partial charge in [-0.15, -0.1) is 0 Å². The van der Waals surface area contributed by atoms with Crippen LogP contribution in [0.5, 0.6) is 0 Å². The molecule has 0 amide bonds. The Labute approximate surface area is 378 Å². The molecule has 9 aromatic carbocycles. The third kappa shape index (κ3) is 5.81. The molecule has 64 heavy (non-hydrogen) atoms. The van der Waals surface area contributed by atoms with Crippen molar-refractivity contribution in [3.8, 4) is 33.4 Å². The van der Waals surface area contributed by atoms with Crippen molar-refractivity contribution in [2.75, 3.05) is 4.90 Å². The van der Waals surface area contributed by atoms with Gasteiger partial charge in [0, 0.05) is 17.1 Å². The molecule has 1 nitrogen and oxygen atoms in total. The summed E-state index contributed by atoms with van der Waals surface area (Å²) in [5, 5.41) is 8.30. The number of nitrogens with zero attached hydrogens (tertiary/aromatic N) is 1. The standard InChI is InChI=1S/C62H51NSi/c1-4-15-46(16-5-1)54-24-12-17-48-18-13-25-55(60(48)54)47-29-33-50(34-30-47)63(51-35-31-49(32-36-51)62-40-43-37-44(41-62)39-45(38-43)42-62)58-27-14-26-57-56-23-10-11-28-59(56)64(61(57)58,52-19-6-2-7-20-52)53-21-8-3-9-22-53/h1-36,43-45H,37-42H2. The number of rotatable bonds is 8. The van der Waals surface area contributed by atoms with E-state index in [9.17, 15) is 0 Å². The van der Waals surface area contributed by atoms with Gasteiger partial charge in [0.2, 0.25) is 0 Å². The molecule has 0 radical (unpaired) electrons. The van der Waals surface area contributed by atoms with Crippen LogP contribution in [0.3, 0.4) is 0 Å². The average molecular weight is 838 g/mol. The smallest absolute Gasteiger partial charge is 0.183 e. The molecule has 0 atom stereocenters. The highest BCUT2D eigenvalue weighted by Gasteiger charge is 2.52. The highest BCUT2D eigenvalue weighted by atomic mass is 28.3. The topological polar surface area (TPSA) is 3.24 Å². The molecule has 0 spiro atoms. The molecule has 308 valence electrons. The Bertz CT molecular complexity index is 3090. The number of benzene rings is 9. The van der Waals surface area contributed by atoms with Crippen molar-refractivity contribution in [1.82, 2.24) is 0 Å². The van der Waals surface area contributed by atoms with Gasteiger partial charge in [-0.3, -0.25) is 0 Å². The quantitative estimate of drug-likeness (QED) is 0.138. The average Bonchev–Trinajstić information content (AvgIpc) is 3.66. The van der Waals surface area contributed by atoms with Crippen LogP contribution in [0.4, 0.5) is 17.1 Å². The van der Waals surface area contributed by atoms with Gasteiger partial charge < -0.3 is 4.90 Å². The van der Waals surface area contributed by atoms with E-state index < -0.39 is 8.07 Å². The Morgan fingerprint density at radius 2 is 0.859 bits per heavy atom. The van der Waals surface area contributed by atoms with Gasteiger partial charge >= 0.3 is 0 Å². The molecule has 14 rings (SSSR count). The zero-order chi connectivity index (χ0) is 42.2. The van der Waals surface area contributed by atoms with Crippen LogP contribution in [0.2, 0.25) is 0 Å². The number of hydrogen-bond acceptors (Lipinski definition) is 1. The number of fused-ring (bicyclic) bond motifs is 4. The highest BCUT2D eigenvalue weighted by Crippen LogP contribution is 2.61. The Balaban J connectivity index is 1.02. The zero-order valence-electron chi connectivity index (χ0n) is 36.2. The summed E-state index contributed by atoms with van der Waals surface area (Å²) in [7, 11) is -2.83. The molecule has 2 heteroatoms. The van der Waals surface area contributed by atoms with Crippen molar-refractivity contribution in [3.63, 3.8) is 0 Å². The molecule has 9 aromatic rings. The molecule has 4 fully saturated rings. The minimum absolute atomic E-state index is 0.342. The minimum Gasteiger partial charge on any atom is -0.311 e. The Morgan fingerprint density at radius 1 is 0.391 bits per heavy atom. The lowest BCUT2D eigenvalue weighted by Crippen LogP contribution is -2.73. The first-order chi connectivity index (χ1) is 31.7. The maximum atomic E-state index is 2.60. The summed E-state index contributed by atoms with van der Waals surface area (Å²) in [6.45, 7) is 0. The molecule has 4 aliphatic carbocycles. The van der Waals surface area contributed by atoms with E-state index >= 15 is 0 Å². The van der Waals surface area contributed by atoms with Crippen LogP contribution in [0.1, 0.15) is 44.1 Å². The molecule has 1 aliphatic heterocycles. The van der Waals surface area contributed by atoms with Gasteiger partial charge in [0.1, 0.15) is 0 Å². The second-order valence-electron chi connectivity index (χ2n) is 19.4. The van der Waals surface area contributed by atoms with E-state index in [2.05, 4.69) is 223 Å². The van der Waals surface area contributed by atoms with Crippen molar-refractivity contribution < 1.29 is 0 Å². The van der Waals surface area contributed by atoms with E-state index in [0.29, 0.717) is 5.41 Å². The lowest BCUT2D eigenvalue weighted by atomic mass is 9.48. The van der Waals surface area contributed by atoms with Crippen molar-refractivity contribution in [3.05, 3.63) is 224 Å². The molecule has 0 N–H and O–H groups in total. The minimum atomic E-state index is -2.83. The summed E-state index contributed by atoms with van der Waals surface area (Å²) < 4.78 is 0. The van der Waals surface area contributed by atoms with E-state index in [0.717, 1.165) is 17.8 Å². The fourth-order valence-electron chi connectivity index (χ4n) is 13.8. The monoisotopic (exact) mass is 837 g/mol. The predicted octanol–water partition coefficient (Wildman–Crippen LogP) is 13.5. The molecular weight excluding hydrogens is 787 g/mol. The van der Waals surface area contributed by atoms with E-state index in [1.54, 1.807) is 5.56 Å². The van der Waals surface area contributed by atoms with Crippen molar-refractivity contribution in [2.45, 2.75) is 43.9 Å². The second kappa shape index (κ2) is 14.9. The van der Waals surface area contributed by atoms with Crippen LogP contribution in [-0.4, -0.2) is 8.07 Å². The molecule has 5 aliphatic rings. The zero-order valence-corrected chi connectivity index (χ0v) is 37.2. The maximum absolute atomic E-state index is 2.83. The van der Waals surface area contributed by atoms with Gasteiger partial charge in [0.05, 0.1) is 0 Å². The first kappa shape index (κ1) is 37.8. The fourth-order valence-corrected chi connectivity index (χ4v) is 19.1. The summed E-state index contributed by atoms with van der Waals surface area (Å²) in [6, 6.07) is 83.1. The molecule has 1 heterocycles. The van der Waals surface area contributed by atoms with Crippen LogP contribution in [0.25, 0.3) is 44.2 Å². The van der Waals surface area contributed by atoms with Crippen LogP contribution in [0.15, 0.2) is 218 Å². The molecule has 0 saturated heterocycles. The van der Waals surface area contributed by atoms with Crippen molar-refractivity contribution in [1.29, 1.82) is 0 Å². The lowest BCUT2D eigenvalue weighted by Gasteiger charge is -2.57. The van der Waals surface area contributed by atoms with Gasteiger partial charge in [-0.2, -0.15) is 0 Å². The molecule has 4 bridgehead atoms. The Hall–Kier alpha value is -6.74. The molecule has 0 unspecified atom stereocenters. The van der Waals surface area contributed by atoms with Crippen molar-refractivity contribution in [2.24, 2.45) is 17.8 Å². The summed E-state index contributed by atoms with van der Waals surface area (Å²) in [5.74, 6) is 2.73. The predicted molar refractivity (Wildman–Crippen MR) is 272 cm³/mol. The van der Waals surface area contributed by atoms with Crippen LogP contribution in [0, 0.1) is 17.8 Å².